The number of thioether (sulfide) groups is 1. The zero-order valence-electron chi connectivity index (χ0n) is 7.85. The van der Waals surface area contributed by atoms with E-state index in [2.05, 4.69) is 4.98 Å². The molecule has 0 fully saturated rings. The quantitative estimate of drug-likeness (QED) is 0.776. The van der Waals surface area contributed by atoms with E-state index >= 15 is 0 Å². The summed E-state index contributed by atoms with van der Waals surface area (Å²) >= 11 is 7.36. The zero-order valence-corrected chi connectivity index (χ0v) is 9.42. The highest BCUT2D eigenvalue weighted by Gasteiger charge is 2.38. The first-order valence-corrected chi connectivity index (χ1v) is 6.16. The summed E-state index contributed by atoms with van der Waals surface area (Å²) in [6.07, 6.45) is 0. The van der Waals surface area contributed by atoms with Gasteiger partial charge >= 0.3 is 0 Å². The molecular formula is C10H9ClN2OS. The number of nitrogens with zero attached hydrogens (tertiary/aromatic N) is 2. The molecule has 0 saturated heterocycles. The maximum atomic E-state index is 10.3. The molecule has 2 aromatic rings. The Morgan fingerprint density at radius 1 is 1.53 bits per heavy atom. The Hall–Kier alpha value is -0.710. The van der Waals surface area contributed by atoms with Gasteiger partial charge in [0, 0.05) is 0 Å². The van der Waals surface area contributed by atoms with Crippen molar-refractivity contribution >= 4 is 34.4 Å². The van der Waals surface area contributed by atoms with Crippen molar-refractivity contribution in [2.24, 2.45) is 0 Å². The molecule has 0 spiro atoms. The number of hydrogen-bond acceptors (Lipinski definition) is 3. The summed E-state index contributed by atoms with van der Waals surface area (Å²) in [4.78, 5) is 4.44. The molecule has 3 nitrogen and oxygen atoms in total. The number of aromatic nitrogens is 2. The lowest BCUT2D eigenvalue weighted by molar-refractivity contribution is 0.0135. The van der Waals surface area contributed by atoms with E-state index in [0.29, 0.717) is 5.75 Å². The van der Waals surface area contributed by atoms with E-state index in [-0.39, 0.29) is 5.88 Å². The summed E-state index contributed by atoms with van der Waals surface area (Å²) in [5.74, 6) is 0.761. The lowest BCUT2D eigenvalue weighted by Gasteiger charge is -2.21. The zero-order chi connectivity index (χ0) is 10.5. The second-order valence-electron chi connectivity index (χ2n) is 3.62. The van der Waals surface area contributed by atoms with Crippen LogP contribution in [0.3, 0.4) is 0 Å². The minimum absolute atomic E-state index is 0.188. The van der Waals surface area contributed by atoms with Gasteiger partial charge in [0.25, 0.3) is 0 Å². The number of halogens is 1. The molecule has 1 aliphatic rings. The van der Waals surface area contributed by atoms with Gasteiger partial charge in [-0.2, -0.15) is 0 Å². The van der Waals surface area contributed by atoms with Crippen molar-refractivity contribution in [3.05, 3.63) is 24.3 Å². The molecule has 1 aromatic heterocycles. The molecule has 78 valence electrons. The number of alkyl halides is 1. The van der Waals surface area contributed by atoms with Crippen molar-refractivity contribution < 1.29 is 5.11 Å². The van der Waals surface area contributed by atoms with E-state index in [1.54, 1.807) is 11.8 Å². The number of para-hydroxylation sites is 2. The van der Waals surface area contributed by atoms with Crippen LogP contribution in [-0.4, -0.2) is 26.3 Å². The Morgan fingerprint density at radius 2 is 2.33 bits per heavy atom. The third-order valence-corrected chi connectivity index (χ3v) is 4.16. The van der Waals surface area contributed by atoms with Gasteiger partial charge in [-0.1, -0.05) is 23.9 Å². The second kappa shape index (κ2) is 3.14. The predicted octanol–water partition coefficient (Wildman–Crippen LogP) is 2.03. The van der Waals surface area contributed by atoms with E-state index in [1.165, 1.54) is 0 Å². The number of rotatable bonds is 1. The van der Waals surface area contributed by atoms with Crippen molar-refractivity contribution in [2.45, 2.75) is 10.9 Å². The fourth-order valence-corrected chi connectivity index (χ4v) is 3.32. The third kappa shape index (κ3) is 1.22. The van der Waals surface area contributed by atoms with Crippen molar-refractivity contribution in [3.63, 3.8) is 0 Å². The molecular weight excluding hydrogens is 232 g/mol. The monoisotopic (exact) mass is 240 g/mol. The molecule has 1 N–H and O–H groups in total. The summed E-state index contributed by atoms with van der Waals surface area (Å²) < 4.78 is 1.83. The first-order chi connectivity index (χ1) is 7.24. The first kappa shape index (κ1) is 9.51. The molecule has 1 unspecified atom stereocenters. The van der Waals surface area contributed by atoms with Gasteiger partial charge in [0.2, 0.25) is 0 Å². The molecule has 1 atom stereocenters. The number of imidazole rings is 1. The number of fused-ring (bicyclic) bond motifs is 3. The lowest BCUT2D eigenvalue weighted by Crippen LogP contribution is -2.34. The van der Waals surface area contributed by atoms with Gasteiger partial charge < -0.3 is 5.11 Å². The largest absolute Gasteiger partial charge is 0.368 e. The lowest BCUT2D eigenvalue weighted by atomic mass is 10.2. The molecule has 0 radical (unpaired) electrons. The minimum atomic E-state index is -0.988. The average Bonchev–Trinajstić information content (AvgIpc) is 2.78. The van der Waals surface area contributed by atoms with Crippen molar-refractivity contribution in [1.29, 1.82) is 0 Å². The summed E-state index contributed by atoms with van der Waals surface area (Å²) in [6, 6.07) is 7.77. The van der Waals surface area contributed by atoms with E-state index in [4.69, 9.17) is 11.6 Å². The van der Waals surface area contributed by atoms with Crippen LogP contribution in [-0.2, 0) is 5.72 Å². The Balaban J connectivity index is 2.34. The topological polar surface area (TPSA) is 38.1 Å². The highest BCUT2D eigenvalue weighted by atomic mass is 35.5. The maximum Gasteiger partial charge on any atom is 0.171 e. The van der Waals surface area contributed by atoms with Crippen molar-refractivity contribution in [3.8, 4) is 0 Å². The van der Waals surface area contributed by atoms with Crippen LogP contribution in [0.1, 0.15) is 0 Å². The van der Waals surface area contributed by atoms with Gasteiger partial charge in [-0.3, -0.25) is 4.57 Å². The molecule has 2 heterocycles. The molecule has 1 aromatic carbocycles. The molecule has 3 rings (SSSR count). The molecule has 0 aliphatic carbocycles. The Labute approximate surface area is 96.1 Å². The first-order valence-electron chi connectivity index (χ1n) is 4.64. The van der Waals surface area contributed by atoms with Crippen LogP contribution in [0, 0.1) is 0 Å². The van der Waals surface area contributed by atoms with E-state index < -0.39 is 5.72 Å². The molecule has 0 amide bonds. The van der Waals surface area contributed by atoms with Gasteiger partial charge in [0.15, 0.2) is 10.9 Å². The van der Waals surface area contributed by atoms with Crippen LogP contribution >= 0.6 is 23.4 Å². The normalized spacial score (nSPS) is 24.7. The van der Waals surface area contributed by atoms with Gasteiger partial charge in [-0.05, 0) is 12.1 Å². The number of hydrogen-bond donors (Lipinski definition) is 1. The molecule has 0 bridgehead atoms. The summed E-state index contributed by atoms with van der Waals surface area (Å²) in [5.41, 5.74) is 0.862. The van der Waals surface area contributed by atoms with Crippen LogP contribution < -0.4 is 0 Å². The maximum absolute atomic E-state index is 10.3. The third-order valence-electron chi connectivity index (χ3n) is 2.59. The Bertz CT molecular complexity index is 527. The van der Waals surface area contributed by atoms with Crippen LogP contribution in [0.25, 0.3) is 11.0 Å². The predicted molar refractivity (Wildman–Crippen MR) is 61.4 cm³/mol. The van der Waals surface area contributed by atoms with Crippen LogP contribution in [0.15, 0.2) is 29.4 Å². The average molecular weight is 241 g/mol. The summed E-state index contributed by atoms with van der Waals surface area (Å²) in [5, 5.41) is 11.2. The van der Waals surface area contributed by atoms with Crippen molar-refractivity contribution in [1.82, 2.24) is 9.55 Å². The van der Waals surface area contributed by atoms with Gasteiger partial charge in [0.05, 0.1) is 22.7 Å². The fraction of sp³-hybridized carbons (Fsp3) is 0.300. The Morgan fingerprint density at radius 3 is 3.13 bits per heavy atom. The molecule has 1 aliphatic heterocycles. The summed E-state index contributed by atoms with van der Waals surface area (Å²) in [7, 11) is 0. The SMILES string of the molecule is OC1(CCl)CSc2nc3ccccc3n21. The van der Waals surface area contributed by atoms with E-state index in [9.17, 15) is 5.11 Å². The van der Waals surface area contributed by atoms with Gasteiger partial charge in [-0.25, -0.2) is 4.98 Å². The van der Waals surface area contributed by atoms with Gasteiger partial charge in [0.1, 0.15) is 0 Å². The second-order valence-corrected chi connectivity index (χ2v) is 4.83. The standard InChI is InChI=1S/C10H9ClN2OS/c11-5-10(14)6-15-9-12-7-3-1-2-4-8(7)13(9)10/h1-4,14H,5-6H2. The minimum Gasteiger partial charge on any atom is -0.368 e. The van der Waals surface area contributed by atoms with E-state index in [0.717, 1.165) is 16.2 Å². The highest BCUT2D eigenvalue weighted by Crippen LogP contribution is 2.39. The van der Waals surface area contributed by atoms with Crippen LogP contribution in [0.5, 0.6) is 0 Å². The Kier molecular flexibility index (Phi) is 1.99. The molecule has 0 saturated carbocycles. The van der Waals surface area contributed by atoms with E-state index in [1.807, 2.05) is 28.8 Å². The number of benzene rings is 1. The van der Waals surface area contributed by atoms with Gasteiger partial charge in [-0.15, -0.1) is 11.6 Å². The summed E-state index contributed by atoms with van der Waals surface area (Å²) in [6.45, 7) is 0. The highest BCUT2D eigenvalue weighted by molar-refractivity contribution is 7.99. The fourth-order valence-electron chi connectivity index (χ4n) is 1.85. The van der Waals surface area contributed by atoms with Crippen molar-refractivity contribution in [2.75, 3.05) is 11.6 Å². The van der Waals surface area contributed by atoms with Crippen LogP contribution in [0.2, 0.25) is 0 Å². The smallest absolute Gasteiger partial charge is 0.171 e. The molecule has 15 heavy (non-hydrogen) atoms. The molecule has 5 heteroatoms. The van der Waals surface area contributed by atoms with Crippen LogP contribution in [0.4, 0.5) is 0 Å². The number of aliphatic hydroxyl groups is 1.